The third kappa shape index (κ3) is 2.44. The van der Waals surface area contributed by atoms with Gasteiger partial charge in [-0.15, -0.1) is 0 Å². The van der Waals surface area contributed by atoms with Gasteiger partial charge in [-0.25, -0.2) is 0 Å². The Balaban J connectivity index is 1.48. The lowest BCUT2D eigenvalue weighted by Gasteiger charge is -2.31. The van der Waals surface area contributed by atoms with E-state index in [1.54, 1.807) is 0 Å². The molecule has 0 radical (unpaired) electrons. The number of hydrogen-bond acceptors (Lipinski definition) is 1. The summed E-state index contributed by atoms with van der Waals surface area (Å²) in [6, 6.07) is 48.8. The second kappa shape index (κ2) is 7.19. The zero-order chi connectivity index (χ0) is 23.7. The summed E-state index contributed by atoms with van der Waals surface area (Å²) in [5.41, 5.74) is 12.7. The lowest BCUT2D eigenvalue weighted by Crippen LogP contribution is -2.26. The molecule has 168 valence electrons. The maximum absolute atomic E-state index is 3.61. The number of rotatable bonds is 2. The highest BCUT2D eigenvalue weighted by molar-refractivity contribution is 6.04. The Labute approximate surface area is 210 Å². The van der Waals surface area contributed by atoms with Gasteiger partial charge >= 0.3 is 0 Å². The molecular weight excluding hydrogens is 434 g/mol. The molecule has 2 aliphatic rings. The van der Waals surface area contributed by atoms with E-state index in [2.05, 4.69) is 133 Å². The van der Waals surface area contributed by atoms with Crippen molar-refractivity contribution in [3.8, 4) is 22.3 Å². The Morgan fingerprint density at radius 2 is 1.06 bits per heavy atom. The van der Waals surface area contributed by atoms with Gasteiger partial charge < -0.3 is 5.32 Å². The summed E-state index contributed by atoms with van der Waals surface area (Å²) in [6.45, 7) is 0. The van der Waals surface area contributed by atoms with Crippen LogP contribution in [0.4, 0.5) is 11.4 Å². The van der Waals surface area contributed by atoms with E-state index < -0.39 is 0 Å². The van der Waals surface area contributed by atoms with Gasteiger partial charge in [-0.3, -0.25) is 0 Å². The number of fused-ring (bicyclic) bond motifs is 12. The van der Waals surface area contributed by atoms with Crippen molar-refractivity contribution >= 4 is 22.1 Å². The highest BCUT2D eigenvalue weighted by Gasteiger charge is 2.52. The number of benzene rings is 6. The molecule has 0 amide bonds. The highest BCUT2D eigenvalue weighted by Crippen LogP contribution is 2.64. The van der Waals surface area contributed by atoms with Crippen LogP contribution in [0, 0.1) is 0 Å². The van der Waals surface area contributed by atoms with Crippen LogP contribution >= 0.6 is 0 Å². The number of hydrogen-bond donors (Lipinski definition) is 1. The zero-order valence-corrected chi connectivity index (χ0v) is 19.7. The molecule has 1 nitrogen and oxygen atoms in total. The number of anilines is 2. The Morgan fingerprint density at radius 1 is 0.417 bits per heavy atom. The molecule has 0 bridgehead atoms. The standard InChI is InChI=1S/C35H23N/c1-2-11-24(12-3-1)36-25-19-21-33-30(22-25)28-15-7-9-17-32(28)35(33)31-16-8-6-14-27(31)29-20-18-23-10-4-5-13-26(23)34(29)35/h1-22,36H. The molecule has 6 aromatic carbocycles. The lowest BCUT2D eigenvalue weighted by molar-refractivity contribution is 0.801. The van der Waals surface area contributed by atoms with E-state index in [0.29, 0.717) is 0 Å². The molecule has 8 rings (SSSR count). The van der Waals surface area contributed by atoms with E-state index in [0.717, 1.165) is 11.4 Å². The van der Waals surface area contributed by atoms with Gasteiger partial charge in [0, 0.05) is 11.4 Å². The maximum Gasteiger partial charge on any atom is 0.0731 e. The fourth-order valence-corrected chi connectivity index (χ4v) is 6.69. The van der Waals surface area contributed by atoms with Crippen LogP contribution in [-0.2, 0) is 5.41 Å². The van der Waals surface area contributed by atoms with Crippen LogP contribution in [0.2, 0.25) is 0 Å². The van der Waals surface area contributed by atoms with Gasteiger partial charge in [0.25, 0.3) is 0 Å². The van der Waals surface area contributed by atoms with Crippen LogP contribution in [0.5, 0.6) is 0 Å². The van der Waals surface area contributed by atoms with Gasteiger partial charge in [0.2, 0.25) is 0 Å². The van der Waals surface area contributed by atoms with E-state index in [4.69, 9.17) is 0 Å². The van der Waals surface area contributed by atoms with Crippen molar-refractivity contribution in [1.29, 1.82) is 0 Å². The molecule has 0 heterocycles. The van der Waals surface area contributed by atoms with Crippen molar-refractivity contribution < 1.29 is 0 Å². The summed E-state index contributed by atoms with van der Waals surface area (Å²) in [5.74, 6) is 0. The van der Waals surface area contributed by atoms with Crippen molar-refractivity contribution in [3.63, 3.8) is 0 Å². The molecule has 1 atom stereocenters. The molecule has 1 spiro atoms. The molecule has 0 fully saturated rings. The summed E-state index contributed by atoms with van der Waals surface area (Å²) >= 11 is 0. The average Bonchev–Trinajstić information content (AvgIpc) is 3.41. The topological polar surface area (TPSA) is 12.0 Å². The van der Waals surface area contributed by atoms with Gasteiger partial charge in [-0.1, -0.05) is 109 Å². The first-order valence-corrected chi connectivity index (χ1v) is 12.5. The fourth-order valence-electron chi connectivity index (χ4n) is 6.69. The van der Waals surface area contributed by atoms with E-state index in [1.807, 2.05) is 6.07 Å². The normalized spacial score (nSPS) is 16.4. The molecule has 0 saturated carbocycles. The molecule has 1 unspecified atom stereocenters. The third-order valence-electron chi connectivity index (χ3n) is 8.03. The summed E-state index contributed by atoms with van der Waals surface area (Å²) in [7, 11) is 0. The first-order chi connectivity index (χ1) is 17.9. The predicted molar refractivity (Wildman–Crippen MR) is 150 cm³/mol. The molecular formula is C35H23N. The Morgan fingerprint density at radius 3 is 1.86 bits per heavy atom. The van der Waals surface area contributed by atoms with E-state index in [-0.39, 0.29) is 5.41 Å². The minimum atomic E-state index is -0.329. The van der Waals surface area contributed by atoms with Crippen molar-refractivity contribution in [2.24, 2.45) is 0 Å². The van der Waals surface area contributed by atoms with Crippen molar-refractivity contribution in [3.05, 3.63) is 156 Å². The smallest absolute Gasteiger partial charge is 0.0731 e. The molecule has 0 aliphatic heterocycles. The van der Waals surface area contributed by atoms with E-state index >= 15 is 0 Å². The zero-order valence-electron chi connectivity index (χ0n) is 19.7. The van der Waals surface area contributed by atoms with Gasteiger partial charge in [0.15, 0.2) is 0 Å². The molecule has 0 saturated heterocycles. The van der Waals surface area contributed by atoms with Crippen molar-refractivity contribution in [2.75, 3.05) is 5.32 Å². The fraction of sp³-hybridized carbons (Fsp3) is 0.0286. The summed E-state index contributed by atoms with van der Waals surface area (Å²) < 4.78 is 0. The van der Waals surface area contributed by atoms with Gasteiger partial charge in [0.05, 0.1) is 5.41 Å². The van der Waals surface area contributed by atoms with E-state index in [9.17, 15) is 0 Å². The largest absolute Gasteiger partial charge is 0.356 e. The SMILES string of the molecule is c1ccc(Nc2ccc3c(c2)-c2ccccc2C32c3ccccc3-c3ccc4ccccc4c32)cc1. The van der Waals surface area contributed by atoms with Crippen LogP contribution in [0.1, 0.15) is 22.3 Å². The molecule has 36 heavy (non-hydrogen) atoms. The van der Waals surface area contributed by atoms with Crippen molar-refractivity contribution in [2.45, 2.75) is 5.41 Å². The van der Waals surface area contributed by atoms with Crippen LogP contribution < -0.4 is 5.32 Å². The molecule has 1 heteroatoms. The Bertz CT molecular complexity index is 1810. The van der Waals surface area contributed by atoms with Crippen LogP contribution in [-0.4, -0.2) is 0 Å². The first kappa shape index (κ1) is 19.7. The number of nitrogens with one attached hydrogen (secondary N) is 1. The van der Waals surface area contributed by atoms with Gasteiger partial charge in [-0.2, -0.15) is 0 Å². The molecule has 0 aromatic heterocycles. The minimum absolute atomic E-state index is 0.329. The summed E-state index contributed by atoms with van der Waals surface area (Å²) in [5, 5.41) is 6.23. The summed E-state index contributed by atoms with van der Waals surface area (Å²) in [4.78, 5) is 0. The predicted octanol–water partition coefficient (Wildman–Crippen LogP) is 8.93. The minimum Gasteiger partial charge on any atom is -0.356 e. The Kier molecular flexibility index (Phi) is 3.93. The van der Waals surface area contributed by atoms with E-state index in [1.165, 1.54) is 55.3 Å². The summed E-state index contributed by atoms with van der Waals surface area (Å²) in [6.07, 6.45) is 0. The molecule has 1 N–H and O–H groups in total. The lowest BCUT2D eigenvalue weighted by atomic mass is 9.69. The second-order valence-electron chi connectivity index (χ2n) is 9.80. The van der Waals surface area contributed by atoms with Crippen molar-refractivity contribution in [1.82, 2.24) is 0 Å². The Hall–Kier alpha value is -4.62. The van der Waals surface area contributed by atoms with Crippen LogP contribution in [0.15, 0.2) is 133 Å². The first-order valence-electron chi connectivity index (χ1n) is 12.5. The second-order valence-corrected chi connectivity index (χ2v) is 9.80. The highest BCUT2D eigenvalue weighted by atomic mass is 14.9. The third-order valence-corrected chi connectivity index (χ3v) is 8.03. The maximum atomic E-state index is 3.61. The molecule has 2 aliphatic carbocycles. The van der Waals surface area contributed by atoms with Crippen LogP contribution in [0.3, 0.4) is 0 Å². The molecule has 6 aromatic rings. The van der Waals surface area contributed by atoms with Gasteiger partial charge in [0.1, 0.15) is 0 Å². The number of para-hydroxylation sites is 1. The monoisotopic (exact) mass is 457 g/mol. The van der Waals surface area contributed by atoms with Gasteiger partial charge in [-0.05, 0) is 79.5 Å². The quantitative estimate of drug-likeness (QED) is 0.273. The average molecular weight is 458 g/mol. The van der Waals surface area contributed by atoms with Crippen LogP contribution in [0.25, 0.3) is 33.0 Å².